The summed E-state index contributed by atoms with van der Waals surface area (Å²) in [6.45, 7) is 17.0. The van der Waals surface area contributed by atoms with Crippen molar-refractivity contribution in [1.82, 2.24) is 0 Å². The summed E-state index contributed by atoms with van der Waals surface area (Å²) in [5.41, 5.74) is 0.0405. The first kappa shape index (κ1) is 21.2. The lowest BCUT2D eigenvalue weighted by Gasteiger charge is -2.37. The van der Waals surface area contributed by atoms with E-state index >= 15 is 0 Å². The maximum absolute atomic E-state index is 10.1. The number of rotatable bonds is 10. The standard InChI is InChI=1S/C23H40O/c1-7-9-10-14-23(6,17-21(24)8-2)15-13-20-16-19(5)11-12-22(20)18(3)4/h7-8,13,15,18-22,24H,1-2,9-12,14,16-17H2,3-6H3/b15-13+/t19-,20-,21?,22+,23-/m1/s1. The predicted molar refractivity (Wildman–Crippen MR) is 107 cm³/mol. The van der Waals surface area contributed by atoms with Crippen LogP contribution in [0, 0.1) is 29.1 Å². The van der Waals surface area contributed by atoms with E-state index < -0.39 is 6.10 Å². The van der Waals surface area contributed by atoms with Crippen LogP contribution in [0.25, 0.3) is 0 Å². The average Bonchev–Trinajstić information content (AvgIpc) is 2.53. The van der Waals surface area contributed by atoms with Gasteiger partial charge in [0.2, 0.25) is 0 Å². The van der Waals surface area contributed by atoms with E-state index in [0.717, 1.165) is 43.4 Å². The Labute approximate surface area is 150 Å². The Hall–Kier alpha value is -0.820. The van der Waals surface area contributed by atoms with Gasteiger partial charge < -0.3 is 5.11 Å². The molecule has 1 aliphatic rings. The van der Waals surface area contributed by atoms with Crippen LogP contribution in [-0.4, -0.2) is 11.2 Å². The lowest BCUT2D eigenvalue weighted by Crippen LogP contribution is -2.27. The van der Waals surface area contributed by atoms with Crippen molar-refractivity contribution in [3.05, 3.63) is 37.5 Å². The predicted octanol–water partition coefficient (Wildman–Crippen LogP) is 6.55. The van der Waals surface area contributed by atoms with Crippen molar-refractivity contribution in [3.63, 3.8) is 0 Å². The molecule has 0 aromatic carbocycles. The van der Waals surface area contributed by atoms with E-state index in [9.17, 15) is 5.11 Å². The van der Waals surface area contributed by atoms with Crippen LogP contribution in [0.5, 0.6) is 0 Å². The maximum atomic E-state index is 10.1. The van der Waals surface area contributed by atoms with Crippen LogP contribution in [0.15, 0.2) is 37.5 Å². The van der Waals surface area contributed by atoms with Crippen LogP contribution in [0.4, 0.5) is 0 Å². The summed E-state index contributed by atoms with van der Waals surface area (Å²) in [4.78, 5) is 0. The van der Waals surface area contributed by atoms with Gasteiger partial charge in [-0.1, -0.05) is 58.4 Å². The molecule has 24 heavy (non-hydrogen) atoms. The molecule has 1 unspecified atom stereocenters. The first-order valence-electron chi connectivity index (χ1n) is 9.92. The zero-order valence-electron chi connectivity index (χ0n) is 16.5. The number of allylic oxidation sites excluding steroid dienone is 3. The lowest BCUT2D eigenvalue weighted by molar-refractivity contribution is 0.156. The van der Waals surface area contributed by atoms with Gasteiger partial charge >= 0.3 is 0 Å². The highest BCUT2D eigenvalue weighted by Crippen LogP contribution is 2.40. The molecular weight excluding hydrogens is 292 g/mol. The van der Waals surface area contributed by atoms with Gasteiger partial charge in [0, 0.05) is 0 Å². The molecule has 0 aromatic heterocycles. The minimum Gasteiger partial charge on any atom is -0.389 e. The lowest BCUT2D eigenvalue weighted by atomic mass is 9.69. The Morgan fingerprint density at radius 3 is 2.54 bits per heavy atom. The van der Waals surface area contributed by atoms with E-state index in [2.05, 4.69) is 53.0 Å². The van der Waals surface area contributed by atoms with Gasteiger partial charge in [-0.2, -0.15) is 0 Å². The van der Waals surface area contributed by atoms with Gasteiger partial charge in [0.1, 0.15) is 0 Å². The van der Waals surface area contributed by atoms with E-state index in [1.807, 2.05) is 6.08 Å². The van der Waals surface area contributed by atoms with Crippen molar-refractivity contribution >= 4 is 0 Å². The van der Waals surface area contributed by atoms with E-state index in [4.69, 9.17) is 0 Å². The van der Waals surface area contributed by atoms with Gasteiger partial charge in [-0.15, -0.1) is 13.2 Å². The summed E-state index contributed by atoms with van der Waals surface area (Å²) in [7, 11) is 0. The van der Waals surface area contributed by atoms with Crippen molar-refractivity contribution in [2.24, 2.45) is 29.1 Å². The number of aliphatic hydroxyl groups is 1. The van der Waals surface area contributed by atoms with Crippen LogP contribution in [0.2, 0.25) is 0 Å². The highest BCUT2D eigenvalue weighted by Gasteiger charge is 2.30. The molecular formula is C23H40O. The third-order valence-corrected chi connectivity index (χ3v) is 5.92. The second-order valence-electron chi connectivity index (χ2n) is 8.69. The molecule has 0 spiro atoms. The Morgan fingerprint density at radius 2 is 1.96 bits per heavy atom. The first-order chi connectivity index (χ1) is 11.3. The molecule has 0 bridgehead atoms. The highest BCUT2D eigenvalue weighted by atomic mass is 16.3. The van der Waals surface area contributed by atoms with Crippen molar-refractivity contribution < 1.29 is 5.11 Å². The molecule has 1 heteroatoms. The zero-order valence-corrected chi connectivity index (χ0v) is 16.5. The summed E-state index contributed by atoms with van der Waals surface area (Å²) in [6, 6.07) is 0. The van der Waals surface area contributed by atoms with Gasteiger partial charge in [-0.3, -0.25) is 0 Å². The van der Waals surface area contributed by atoms with Crippen LogP contribution < -0.4 is 0 Å². The molecule has 1 saturated carbocycles. The van der Waals surface area contributed by atoms with Gasteiger partial charge in [0.15, 0.2) is 0 Å². The summed E-state index contributed by atoms with van der Waals surface area (Å²) in [6.07, 6.45) is 16.2. The highest BCUT2D eigenvalue weighted by molar-refractivity contribution is 5.05. The van der Waals surface area contributed by atoms with Gasteiger partial charge in [-0.05, 0) is 67.6 Å². The molecule has 0 amide bonds. The number of unbranched alkanes of at least 4 members (excludes halogenated alkanes) is 1. The second-order valence-corrected chi connectivity index (χ2v) is 8.69. The summed E-state index contributed by atoms with van der Waals surface area (Å²) in [5, 5.41) is 10.1. The molecule has 1 fully saturated rings. The third-order valence-electron chi connectivity index (χ3n) is 5.92. The molecule has 1 rings (SSSR count). The fourth-order valence-electron chi connectivity index (χ4n) is 4.32. The van der Waals surface area contributed by atoms with E-state index in [1.54, 1.807) is 6.08 Å². The minimum absolute atomic E-state index is 0.0405. The van der Waals surface area contributed by atoms with E-state index in [-0.39, 0.29) is 5.41 Å². The topological polar surface area (TPSA) is 20.2 Å². The Morgan fingerprint density at radius 1 is 1.25 bits per heavy atom. The average molecular weight is 333 g/mol. The van der Waals surface area contributed by atoms with Crippen molar-refractivity contribution in [2.45, 2.75) is 78.7 Å². The molecule has 0 radical (unpaired) electrons. The molecule has 1 N–H and O–H groups in total. The molecule has 1 nitrogen and oxygen atoms in total. The Bertz CT molecular complexity index is 408. The molecule has 5 atom stereocenters. The molecule has 0 aliphatic heterocycles. The largest absolute Gasteiger partial charge is 0.389 e. The first-order valence-corrected chi connectivity index (χ1v) is 9.92. The van der Waals surface area contributed by atoms with Crippen LogP contribution in [0.3, 0.4) is 0 Å². The fourth-order valence-corrected chi connectivity index (χ4v) is 4.32. The SMILES string of the molecule is C=CCCC[C@](C)(/C=C/[C@@H]1C[C@H](C)CC[C@H]1C(C)C)CC(O)C=C. The van der Waals surface area contributed by atoms with Crippen LogP contribution in [0.1, 0.15) is 72.6 Å². The van der Waals surface area contributed by atoms with E-state index in [1.165, 1.54) is 19.3 Å². The monoisotopic (exact) mass is 332 g/mol. The zero-order chi connectivity index (χ0) is 18.2. The second kappa shape index (κ2) is 10.2. The normalized spacial score (nSPS) is 28.7. The smallest absolute Gasteiger partial charge is 0.0726 e. The summed E-state index contributed by atoms with van der Waals surface area (Å²) in [5.74, 6) is 3.07. The molecule has 1 aliphatic carbocycles. The number of hydrogen-bond donors (Lipinski definition) is 1. The Balaban J connectivity index is 2.85. The summed E-state index contributed by atoms with van der Waals surface area (Å²) < 4.78 is 0. The number of hydrogen-bond acceptors (Lipinski definition) is 1. The van der Waals surface area contributed by atoms with E-state index in [0.29, 0.717) is 5.92 Å². The van der Waals surface area contributed by atoms with Gasteiger partial charge in [0.25, 0.3) is 0 Å². The van der Waals surface area contributed by atoms with Crippen molar-refractivity contribution in [3.8, 4) is 0 Å². The third kappa shape index (κ3) is 6.97. The molecule has 0 saturated heterocycles. The van der Waals surface area contributed by atoms with Crippen LogP contribution >= 0.6 is 0 Å². The fraction of sp³-hybridized carbons (Fsp3) is 0.739. The number of aliphatic hydroxyl groups excluding tert-OH is 1. The maximum Gasteiger partial charge on any atom is 0.0726 e. The molecule has 138 valence electrons. The molecule has 0 aromatic rings. The minimum atomic E-state index is -0.422. The molecule has 0 heterocycles. The van der Waals surface area contributed by atoms with Crippen LogP contribution in [-0.2, 0) is 0 Å². The van der Waals surface area contributed by atoms with Gasteiger partial charge in [0.05, 0.1) is 6.10 Å². The van der Waals surface area contributed by atoms with Gasteiger partial charge in [-0.25, -0.2) is 0 Å². The summed E-state index contributed by atoms with van der Waals surface area (Å²) >= 11 is 0. The van der Waals surface area contributed by atoms with Crippen molar-refractivity contribution in [2.75, 3.05) is 0 Å². The van der Waals surface area contributed by atoms with Crippen molar-refractivity contribution in [1.29, 1.82) is 0 Å². The Kier molecular flexibility index (Phi) is 9.05. The quantitative estimate of drug-likeness (QED) is 0.355.